The first-order chi connectivity index (χ1) is 16.5. The minimum atomic E-state index is -0.838. The lowest BCUT2D eigenvalue weighted by Gasteiger charge is -2.31. The summed E-state index contributed by atoms with van der Waals surface area (Å²) in [5.41, 5.74) is 2.03. The van der Waals surface area contributed by atoms with Crippen LogP contribution in [0.1, 0.15) is 23.0 Å². The minimum absolute atomic E-state index is 0.0210. The van der Waals surface area contributed by atoms with Crippen molar-refractivity contribution in [1.82, 2.24) is 19.2 Å². The summed E-state index contributed by atoms with van der Waals surface area (Å²) in [6.07, 6.45) is 1.74. The van der Waals surface area contributed by atoms with Crippen molar-refractivity contribution in [3.8, 4) is 0 Å². The number of rotatable bonds is 5. The average Bonchev–Trinajstić information content (AvgIpc) is 3.31. The van der Waals surface area contributed by atoms with Crippen molar-refractivity contribution in [1.29, 1.82) is 0 Å². The maximum absolute atomic E-state index is 13.7. The number of imidazole rings is 1. The molecule has 1 N–H and O–H groups in total. The van der Waals surface area contributed by atoms with Crippen LogP contribution < -0.4 is 0 Å². The van der Waals surface area contributed by atoms with Crippen LogP contribution >= 0.6 is 0 Å². The molecule has 0 spiro atoms. The third-order valence-corrected chi connectivity index (χ3v) is 6.42. The predicted molar refractivity (Wildman–Crippen MR) is 123 cm³/mol. The van der Waals surface area contributed by atoms with Crippen LogP contribution in [0.15, 0.2) is 54.2 Å². The van der Waals surface area contributed by atoms with Crippen LogP contribution in [0.4, 0.5) is 4.39 Å². The number of hydrogen-bond donors (Lipinski definition) is 1. The van der Waals surface area contributed by atoms with Gasteiger partial charge < -0.3 is 14.7 Å². The van der Waals surface area contributed by atoms with E-state index in [2.05, 4.69) is 9.88 Å². The Morgan fingerprint density at radius 1 is 1.12 bits per heavy atom. The van der Waals surface area contributed by atoms with Crippen molar-refractivity contribution in [3.05, 3.63) is 77.0 Å². The molecule has 0 bridgehead atoms. The van der Waals surface area contributed by atoms with Crippen LogP contribution in [-0.2, 0) is 14.3 Å². The molecule has 4 heterocycles. The topological polar surface area (TPSA) is 87.4 Å². The highest BCUT2D eigenvalue weighted by Gasteiger charge is 2.46. The Kier molecular flexibility index (Phi) is 5.89. The molecule has 176 valence electrons. The summed E-state index contributed by atoms with van der Waals surface area (Å²) in [6, 6.07) is 10.2. The van der Waals surface area contributed by atoms with Gasteiger partial charge in [0.25, 0.3) is 11.7 Å². The van der Waals surface area contributed by atoms with Crippen LogP contribution in [0, 0.1) is 12.7 Å². The second kappa shape index (κ2) is 9.00. The molecule has 2 saturated heterocycles. The minimum Gasteiger partial charge on any atom is -0.505 e. The predicted octanol–water partition coefficient (Wildman–Crippen LogP) is 2.54. The summed E-state index contributed by atoms with van der Waals surface area (Å²) in [5.74, 6) is -2.17. The van der Waals surface area contributed by atoms with Gasteiger partial charge in [0.1, 0.15) is 17.2 Å². The zero-order chi connectivity index (χ0) is 23.8. The fourth-order valence-electron chi connectivity index (χ4n) is 4.70. The number of nitrogens with zero attached hydrogens (tertiary/aromatic N) is 4. The summed E-state index contributed by atoms with van der Waals surface area (Å²) in [4.78, 5) is 34.5. The number of hydrogen-bond acceptors (Lipinski definition) is 6. The molecule has 2 aliphatic rings. The van der Waals surface area contributed by atoms with E-state index in [1.807, 2.05) is 6.07 Å². The Hall–Kier alpha value is -3.56. The van der Waals surface area contributed by atoms with E-state index in [-0.39, 0.29) is 17.9 Å². The summed E-state index contributed by atoms with van der Waals surface area (Å²) < 4.78 is 20.8. The molecule has 3 aromatic rings. The number of amides is 1. The third kappa shape index (κ3) is 3.86. The molecule has 2 aliphatic heterocycles. The number of likely N-dealkylation sites (tertiary alicyclic amines) is 1. The molecule has 0 saturated carbocycles. The molecule has 1 atom stereocenters. The van der Waals surface area contributed by atoms with Gasteiger partial charge in [-0.1, -0.05) is 18.2 Å². The molecule has 1 aromatic carbocycles. The number of pyridine rings is 1. The molecule has 1 unspecified atom stereocenters. The van der Waals surface area contributed by atoms with Crippen molar-refractivity contribution in [2.24, 2.45) is 0 Å². The van der Waals surface area contributed by atoms with Gasteiger partial charge in [-0.05, 0) is 36.8 Å². The van der Waals surface area contributed by atoms with E-state index in [0.29, 0.717) is 42.4 Å². The summed E-state index contributed by atoms with van der Waals surface area (Å²) >= 11 is 0. The molecule has 2 fully saturated rings. The zero-order valence-electron chi connectivity index (χ0n) is 18.8. The lowest BCUT2D eigenvalue weighted by molar-refractivity contribution is -0.140. The van der Waals surface area contributed by atoms with Crippen LogP contribution in [-0.4, -0.2) is 75.4 Å². The van der Waals surface area contributed by atoms with Gasteiger partial charge >= 0.3 is 0 Å². The lowest BCUT2D eigenvalue weighted by atomic mass is 9.96. The molecule has 2 aromatic heterocycles. The van der Waals surface area contributed by atoms with E-state index in [4.69, 9.17) is 4.74 Å². The highest BCUT2D eigenvalue weighted by atomic mass is 19.1. The molecule has 0 aliphatic carbocycles. The Morgan fingerprint density at radius 2 is 1.85 bits per heavy atom. The van der Waals surface area contributed by atoms with Gasteiger partial charge in [-0.25, -0.2) is 9.37 Å². The van der Waals surface area contributed by atoms with Crippen LogP contribution in [0.3, 0.4) is 0 Å². The average molecular weight is 464 g/mol. The van der Waals surface area contributed by atoms with E-state index in [1.165, 1.54) is 17.0 Å². The second-order valence-corrected chi connectivity index (χ2v) is 8.47. The Balaban J connectivity index is 1.60. The summed E-state index contributed by atoms with van der Waals surface area (Å²) in [7, 11) is 0. The number of ether oxygens (including phenoxy) is 1. The summed E-state index contributed by atoms with van der Waals surface area (Å²) in [6.45, 7) is 5.31. The number of aryl methyl sites for hydroxylation is 1. The number of fused-ring (bicyclic) bond motifs is 1. The molecular formula is C25H25FN4O4. The number of aliphatic hydroxyl groups is 1. The fourth-order valence-corrected chi connectivity index (χ4v) is 4.70. The number of halogens is 1. The standard InChI is InChI=1S/C25H25FN4O4/c1-16-21(29-9-3-2-4-19(29)27-16)23(31)20-22(17-5-7-18(26)8-6-17)30(25(33)24(20)32)11-10-28-12-14-34-15-13-28/h2-9,22,31H,10-15H2,1H3. The monoisotopic (exact) mass is 464 g/mol. The number of Topliss-reactive ketones (excluding diaryl/α,β-unsaturated/α-hetero) is 1. The van der Waals surface area contributed by atoms with Gasteiger partial charge in [0.15, 0.2) is 5.76 Å². The number of carbonyl (C=O) groups excluding carboxylic acids is 2. The van der Waals surface area contributed by atoms with Gasteiger partial charge in [-0.2, -0.15) is 0 Å². The number of ketones is 1. The van der Waals surface area contributed by atoms with E-state index in [1.54, 1.807) is 41.8 Å². The second-order valence-electron chi connectivity index (χ2n) is 8.47. The number of aliphatic hydroxyl groups excluding tert-OH is 1. The SMILES string of the molecule is Cc1nc2ccccn2c1C(O)=C1C(=O)C(=O)N(CCN2CCOCC2)C1c1ccc(F)cc1. The van der Waals surface area contributed by atoms with Gasteiger partial charge in [-0.3, -0.25) is 18.9 Å². The van der Waals surface area contributed by atoms with Crippen molar-refractivity contribution in [2.45, 2.75) is 13.0 Å². The molecule has 5 rings (SSSR count). The Morgan fingerprint density at radius 3 is 2.59 bits per heavy atom. The molecule has 0 radical (unpaired) electrons. The molecule has 34 heavy (non-hydrogen) atoms. The Labute approximate surface area is 195 Å². The summed E-state index contributed by atoms with van der Waals surface area (Å²) in [5, 5.41) is 11.4. The van der Waals surface area contributed by atoms with Crippen molar-refractivity contribution in [3.63, 3.8) is 0 Å². The zero-order valence-corrected chi connectivity index (χ0v) is 18.8. The van der Waals surface area contributed by atoms with Crippen LogP contribution in [0.5, 0.6) is 0 Å². The van der Waals surface area contributed by atoms with Gasteiger partial charge in [0.2, 0.25) is 0 Å². The maximum Gasteiger partial charge on any atom is 0.295 e. The maximum atomic E-state index is 13.7. The molecular weight excluding hydrogens is 439 g/mol. The van der Waals surface area contributed by atoms with Crippen molar-refractivity contribution in [2.75, 3.05) is 39.4 Å². The first kappa shape index (κ1) is 22.2. The number of benzene rings is 1. The fraction of sp³-hybridized carbons (Fsp3) is 0.320. The van der Waals surface area contributed by atoms with Gasteiger partial charge in [0, 0.05) is 32.4 Å². The highest BCUT2D eigenvalue weighted by Crippen LogP contribution is 2.39. The lowest BCUT2D eigenvalue weighted by Crippen LogP contribution is -2.42. The van der Waals surface area contributed by atoms with Gasteiger partial charge in [0.05, 0.1) is 30.5 Å². The largest absolute Gasteiger partial charge is 0.505 e. The van der Waals surface area contributed by atoms with E-state index >= 15 is 0 Å². The molecule has 9 heteroatoms. The number of carbonyl (C=O) groups is 2. The van der Waals surface area contributed by atoms with Crippen LogP contribution in [0.2, 0.25) is 0 Å². The van der Waals surface area contributed by atoms with E-state index in [9.17, 15) is 19.1 Å². The normalized spacial score (nSPS) is 21.0. The smallest absolute Gasteiger partial charge is 0.295 e. The number of morpholine rings is 1. The first-order valence-electron chi connectivity index (χ1n) is 11.2. The first-order valence-corrected chi connectivity index (χ1v) is 11.2. The van der Waals surface area contributed by atoms with Crippen LogP contribution in [0.25, 0.3) is 11.4 Å². The highest BCUT2D eigenvalue weighted by molar-refractivity contribution is 6.46. The molecule has 8 nitrogen and oxygen atoms in total. The number of aromatic nitrogens is 2. The third-order valence-electron chi connectivity index (χ3n) is 6.42. The van der Waals surface area contributed by atoms with E-state index < -0.39 is 23.5 Å². The van der Waals surface area contributed by atoms with E-state index in [0.717, 1.165) is 13.1 Å². The Bertz CT molecular complexity index is 1280. The quantitative estimate of drug-likeness (QED) is 0.355. The molecule has 1 amide bonds. The van der Waals surface area contributed by atoms with Crippen molar-refractivity contribution >= 4 is 23.1 Å². The van der Waals surface area contributed by atoms with Gasteiger partial charge in [-0.15, -0.1) is 0 Å². The van der Waals surface area contributed by atoms with Crippen molar-refractivity contribution < 1.29 is 23.8 Å².